The lowest BCUT2D eigenvalue weighted by Gasteiger charge is -2.17. The lowest BCUT2D eigenvalue weighted by Crippen LogP contribution is -2.43. The van der Waals surface area contributed by atoms with Crippen molar-refractivity contribution in [3.8, 4) is 11.3 Å². The van der Waals surface area contributed by atoms with Crippen molar-refractivity contribution in [2.24, 2.45) is 0 Å². The third-order valence-electron chi connectivity index (χ3n) is 6.61. The monoisotopic (exact) mass is 495 g/mol. The second kappa shape index (κ2) is 9.89. The zero-order valence-electron chi connectivity index (χ0n) is 21.3. The van der Waals surface area contributed by atoms with E-state index in [1.54, 1.807) is 16.9 Å². The van der Waals surface area contributed by atoms with Crippen molar-refractivity contribution in [3.05, 3.63) is 83.7 Å². The number of esters is 1. The van der Waals surface area contributed by atoms with Gasteiger partial charge >= 0.3 is 5.97 Å². The van der Waals surface area contributed by atoms with Gasteiger partial charge in [0.05, 0.1) is 30.0 Å². The summed E-state index contributed by atoms with van der Waals surface area (Å²) in [5.41, 5.74) is 5.55. The standard InChI is InChI=1S/C29H29N5O3/c1-17(2)34-27-23(16-31-34)22(14-25(32-27)20-10-6-5-9-18(20)3)28(35)33-26(29(36)37-4)13-19-15-30-24-12-8-7-11-21(19)24/h5-12,14-17,26,30H,13H2,1-4H3,(H,33,35). The molecule has 2 aromatic carbocycles. The first-order valence-corrected chi connectivity index (χ1v) is 12.2. The minimum absolute atomic E-state index is 0.0534. The molecule has 0 fully saturated rings. The number of hydrogen-bond donors (Lipinski definition) is 2. The molecule has 5 rings (SSSR count). The van der Waals surface area contributed by atoms with Crippen LogP contribution in [0, 0.1) is 6.92 Å². The van der Waals surface area contributed by atoms with Crippen LogP contribution in [-0.4, -0.2) is 44.8 Å². The van der Waals surface area contributed by atoms with E-state index in [9.17, 15) is 9.59 Å². The topological polar surface area (TPSA) is 102 Å². The van der Waals surface area contributed by atoms with Gasteiger partial charge in [-0.05, 0) is 44.0 Å². The van der Waals surface area contributed by atoms with Gasteiger partial charge in [-0.15, -0.1) is 0 Å². The quantitative estimate of drug-likeness (QED) is 0.310. The van der Waals surface area contributed by atoms with E-state index in [4.69, 9.17) is 9.72 Å². The SMILES string of the molecule is COC(=O)C(Cc1c[nH]c2ccccc12)NC(=O)c1cc(-c2ccccc2C)nc2c1cnn2C(C)C. The number of carbonyl (C=O) groups is 2. The molecule has 0 bridgehead atoms. The Morgan fingerprint density at radius 1 is 1.08 bits per heavy atom. The molecule has 0 saturated carbocycles. The highest BCUT2D eigenvalue weighted by molar-refractivity contribution is 6.07. The molecule has 1 atom stereocenters. The average molecular weight is 496 g/mol. The number of benzene rings is 2. The fourth-order valence-electron chi connectivity index (χ4n) is 4.67. The van der Waals surface area contributed by atoms with Gasteiger partial charge in [-0.3, -0.25) is 4.79 Å². The number of fused-ring (bicyclic) bond motifs is 2. The summed E-state index contributed by atoms with van der Waals surface area (Å²) in [4.78, 5) is 34.6. The lowest BCUT2D eigenvalue weighted by atomic mass is 10.0. The fourth-order valence-corrected chi connectivity index (χ4v) is 4.67. The number of H-pyrrole nitrogens is 1. The molecule has 1 unspecified atom stereocenters. The van der Waals surface area contributed by atoms with Crippen LogP contribution in [0.3, 0.4) is 0 Å². The second-order valence-corrected chi connectivity index (χ2v) is 9.40. The summed E-state index contributed by atoms with van der Waals surface area (Å²) in [5, 5.41) is 9.04. The van der Waals surface area contributed by atoms with Crippen molar-refractivity contribution in [1.29, 1.82) is 0 Å². The zero-order chi connectivity index (χ0) is 26.1. The summed E-state index contributed by atoms with van der Waals surface area (Å²) in [7, 11) is 1.32. The third kappa shape index (κ3) is 4.58. The van der Waals surface area contributed by atoms with Crippen LogP contribution in [0.5, 0.6) is 0 Å². The van der Waals surface area contributed by atoms with Gasteiger partial charge in [0.2, 0.25) is 0 Å². The largest absolute Gasteiger partial charge is 0.467 e. The van der Waals surface area contributed by atoms with Crippen LogP contribution in [0.1, 0.15) is 41.4 Å². The van der Waals surface area contributed by atoms with Crippen LogP contribution in [0.2, 0.25) is 0 Å². The van der Waals surface area contributed by atoms with Gasteiger partial charge in [-0.2, -0.15) is 5.10 Å². The molecule has 3 heterocycles. The number of rotatable bonds is 7. The van der Waals surface area contributed by atoms with E-state index in [2.05, 4.69) is 15.4 Å². The van der Waals surface area contributed by atoms with Crippen molar-refractivity contribution in [1.82, 2.24) is 25.1 Å². The molecule has 3 aromatic heterocycles. The Labute approximate surface area is 214 Å². The number of aromatic nitrogens is 4. The molecular formula is C29H29N5O3. The number of ether oxygens (including phenoxy) is 1. The van der Waals surface area contributed by atoms with E-state index in [-0.39, 0.29) is 18.4 Å². The van der Waals surface area contributed by atoms with Crippen LogP contribution < -0.4 is 5.32 Å². The molecule has 0 aliphatic heterocycles. The number of methoxy groups -OCH3 is 1. The number of amides is 1. The number of carbonyl (C=O) groups excluding carboxylic acids is 2. The molecule has 188 valence electrons. The zero-order valence-corrected chi connectivity index (χ0v) is 21.3. The molecular weight excluding hydrogens is 466 g/mol. The summed E-state index contributed by atoms with van der Waals surface area (Å²) in [6.07, 6.45) is 3.80. The number of para-hydroxylation sites is 1. The first-order chi connectivity index (χ1) is 17.9. The highest BCUT2D eigenvalue weighted by Crippen LogP contribution is 2.28. The highest BCUT2D eigenvalue weighted by Gasteiger charge is 2.26. The number of aromatic amines is 1. The molecule has 8 nitrogen and oxygen atoms in total. The molecule has 37 heavy (non-hydrogen) atoms. The first kappa shape index (κ1) is 24.2. The predicted molar refractivity (Wildman–Crippen MR) is 143 cm³/mol. The maximum absolute atomic E-state index is 13.7. The van der Waals surface area contributed by atoms with Gasteiger partial charge in [0, 0.05) is 35.1 Å². The molecule has 0 radical (unpaired) electrons. The van der Waals surface area contributed by atoms with Gasteiger partial charge in [0.15, 0.2) is 5.65 Å². The van der Waals surface area contributed by atoms with Gasteiger partial charge in [-0.1, -0.05) is 42.5 Å². The van der Waals surface area contributed by atoms with Gasteiger partial charge in [0.25, 0.3) is 5.91 Å². The molecule has 0 spiro atoms. The molecule has 1 amide bonds. The summed E-state index contributed by atoms with van der Waals surface area (Å²) < 4.78 is 6.85. The van der Waals surface area contributed by atoms with Gasteiger partial charge in [0.1, 0.15) is 6.04 Å². The van der Waals surface area contributed by atoms with E-state index in [0.29, 0.717) is 22.3 Å². The van der Waals surface area contributed by atoms with E-state index < -0.39 is 12.0 Å². The summed E-state index contributed by atoms with van der Waals surface area (Å²) >= 11 is 0. The van der Waals surface area contributed by atoms with E-state index >= 15 is 0 Å². The number of nitrogens with zero attached hydrogens (tertiary/aromatic N) is 3. The van der Waals surface area contributed by atoms with E-state index in [0.717, 1.165) is 27.6 Å². The minimum Gasteiger partial charge on any atom is -0.467 e. The Hall–Kier alpha value is -4.46. The van der Waals surface area contributed by atoms with Crippen LogP contribution in [0.4, 0.5) is 0 Å². The normalized spacial score (nSPS) is 12.2. The first-order valence-electron chi connectivity index (χ1n) is 12.2. The maximum atomic E-state index is 13.7. The van der Waals surface area contributed by atoms with E-state index in [1.807, 2.05) is 75.5 Å². The molecule has 0 aliphatic carbocycles. The van der Waals surface area contributed by atoms with Crippen LogP contribution in [0.15, 0.2) is 67.0 Å². The summed E-state index contributed by atoms with van der Waals surface area (Å²) in [6.45, 7) is 6.04. The average Bonchev–Trinajstić information content (AvgIpc) is 3.52. The van der Waals surface area contributed by atoms with Crippen molar-refractivity contribution in [3.63, 3.8) is 0 Å². The van der Waals surface area contributed by atoms with Crippen molar-refractivity contribution >= 4 is 33.8 Å². The second-order valence-electron chi connectivity index (χ2n) is 9.40. The molecule has 0 saturated heterocycles. The Kier molecular flexibility index (Phi) is 6.48. The Morgan fingerprint density at radius 2 is 1.84 bits per heavy atom. The van der Waals surface area contributed by atoms with Crippen LogP contribution in [0.25, 0.3) is 33.2 Å². The highest BCUT2D eigenvalue weighted by atomic mass is 16.5. The Bertz CT molecular complexity index is 1610. The number of aryl methyl sites for hydroxylation is 1. The molecule has 5 aromatic rings. The molecule has 8 heteroatoms. The van der Waals surface area contributed by atoms with Crippen LogP contribution >= 0.6 is 0 Å². The Morgan fingerprint density at radius 3 is 2.59 bits per heavy atom. The number of nitrogens with one attached hydrogen (secondary N) is 2. The summed E-state index contributed by atoms with van der Waals surface area (Å²) in [5.74, 6) is -0.901. The van der Waals surface area contributed by atoms with Crippen molar-refractivity contribution < 1.29 is 14.3 Å². The Balaban J connectivity index is 1.56. The van der Waals surface area contributed by atoms with Gasteiger partial charge in [-0.25, -0.2) is 14.5 Å². The number of pyridine rings is 1. The smallest absolute Gasteiger partial charge is 0.328 e. The lowest BCUT2D eigenvalue weighted by molar-refractivity contribution is -0.142. The number of hydrogen-bond acceptors (Lipinski definition) is 5. The van der Waals surface area contributed by atoms with Crippen molar-refractivity contribution in [2.45, 2.75) is 39.3 Å². The van der Waals surface area contributed by atoms with E-state index in [1.165, 1.54) is 7.11 Å². The van der Waals surface area contributed by atoms with Crippen molar-refractivity contribution in [2.75, 3.05) is 7.11 Å². The fraction of sp³-hybridized carbons (Fsp3) is 0.241. The third-order valence-corrected chi connectivity index (χ3v) is 6.61. The predicted octanol–water partition coefficient (Wildman–Crippen LogP) is 4.98. The maximum Gasteiger partial charge on any atom is 0.328 e. The van der Waals surface area contributed by atoms with Crippen LogP contribution in [-0.2, 0) is 16.0 Å². The molecule has 0 aliphatic rings. The molecule has 2 N–H and O–H groups in total. The minimum atomic E-state index is -0.873. The van der Waals surface area contributed by atoms with Gasteiger partial charge < -0.3 is 15.0 Å². The summed E-state index contributed by atoms with van der Waals surface area (Å²) in [6, 6.07) is 16.7.